The van der Waals surface area contributed by atoms with Crippen LogP contribution in [0.15, 0.2) is 42.5 Å². The molecule has 0 unspecified atom stereocenters. The maximum atomic E-state index is 12.2. The van der Waals surface area contributed by atoms with Gasteiger partial charge in [0, 0.05) is 28.6 Å². The Labute approximate surface area is 117 Å². The summed E-state index contributed by atoms with van der Waals surface area (Å²) in [6.07, 6.45) is 1.45. The van der Waals surface area contributed by atoms with Gasteiger partial charge >= 0.3 is 0 Å². The predicted octanol–water partition coefficient (Wildman–Crippen LogP) is 4.27. The van der Waals surface area contributed by atoms with E-state index >= 15 is 0 Å². The maximum Gasteiger partial charge on any atom is 0.164 e. The standard InChI is InChI=1S/C18H15NO/c1-11-7-9-14-17-13(8-10-15(20)16(11)17)18(19-14)12-5-3-2-4-6-12/h2-7,9,19H,8,10H2,1H3. The van der Waals surface area contributed by atoms with Gasteiger partial charge < -0.3 is 4.98 Å². The van der Waals surface area contributed by atoms with Crippen LogP contribution in [0.2, 0.25) is 0 Å². The quantitative estimate of drug-likeness (QED) is 0.697. The zero-order valence-corrected chi connectivity index (χ0v) is 11.4. The molecule has 0 aliphatic heterocycles. The van der Waals surface area contributed by atoms with Gasteiger partial charge in [-0.15, -0.1) is 0 Å². The van der Waals surface area contributed by atoms with E-state index in [-0.39, 0.29) is 5.78 Å². The van der Waals surface area contributed by atoms with Crippen LogP contribution in [-0.4, -0.2) is 10.8 Å². The van der Waals surface area contributed by atoms with Crippen LogP contribution < -0.4 is 0 Å². The van der Waals surface area contributed by atoms with Crippen LogP contribution in [0.4, 0.5) is 0 Å². The minimum Gasteiger partial charge on any atom is -0.354 e. The fraction of sp³-hybridized carbons (Fsp3) is 0.167. The minimum atomic E-state index is 0.277. The summed E-state index contributed by atoms with van der Waals surface area (Å²) < 4.78 is 0. The lowest BCUT2D eigenvalue weighted by atomic mass is 9.87. The van der Waals surface area contributed by atoms with Crippen LogP contribution in [0.5, 0.6) is 0 Å². The van der Waals surface area contributed by atoms with Crippen molar-refractivity contribution in [2.45, 2.75) is 19.8 Å². The molecule has 0 radical (unpaired) electrons. The first-order chi connectivity index (χ1) is 9.75. The third-order valence-corrected chi connectivity index (χ3v) is 4.22. The lowest BCUT2D eigenvalue weighted by Gasteiger charge is -2.14. The average Bonchev–Trinajstić information content (AvgIpc) is 2.85. The number of carbonyl (C=O) groups is 1. The van der Waals surface area contributed by atoms with Gasteiger partial charge in [-0.05, 0) is 36.1 Å². The Bertz CT molecular complexity index is 827. The number of aryl methyl sites for hydroxylation is 2. The van der Waals surface area contributed by atoms with Crippen molar-refractivity contribution in [1.82, 2.24) is 4.98 Å². The number of aromatic amines is 1. The number of aromatic nitrogens is 1. The summed E-state index contributed by atoms with van der Waals surface area (Å²) in [5.74, 6) is 0.277. The minimum absolute atomic E-state index is 0.277. The number of H-pyrrole nitrogens is 1. The van der Waals surface area contributed by atoms with Crippen LogP contribution in [0.1, 0.15) is 27.9 Å². The zero-order valence-electron chi connectivity index (χ0n) is 11.4. The maximum absolute atomic E-state index is 12.2. The molecule has 2 nitrogen and oxygen atoms in total. The molecule has 2 heteroatoms. The molecule has 0 bridgehead atoms. The first-order valence-corrected chi connectivity index (χ1v) is 6.98. The van der Waals surface area contributed by atoms with Gasteiger partial charge in [-0.2, -0.15) is 0 Å². The van der Waals surface area contributed by atoms with Crippen LogP contribution in [0.25, 0.3) is 22.2 Å². The van der Waals surface area contributed by atoms with E-state index in [1.807, 2.05) is 31.2 Å². The first kappa shape index (κ1) is 11.5. The SMILES string of the molecule is Cc1ccc2[nH]c(-c3ccccc3)c3c2c1C(=O)CC3. The van der Waals surface area contributed by atoms with E-state index in [1.54, 1.807) is 0 Å². The second-order valence-electron chi connectivity index (χ2n) is 5.45. The number of Topliss-reactive ketones (excluding diaryl/α,β-unsaturated/α-hetero) is 1. The Morgan fingerprint density at radius 1 is 1.00 bits per heavy atom. The number of benzene rings is 2. The average molecular weight is 261 g/mol. The highest BCUT2D eigenvalue weighted by molar-refractivity contribution is 6.13. The summed E-state index contributed by atoms with van der Waals surface area (Å²) in [6.45, 7) is 2.02. The van der Waals surface area contributed by atoms with E-state index in [2.05, 4.69) is 23.2 Å². The molecule has 0 saturated heterocycles. The van der Waals surface area contributed by atoms with Crippen molar-refractivity contribution in [1.29, 1.82) is 0 Å². The van der Waals surface area contributed by atoms with Crippen LogP contribution in [0, 0.1) is 6.92 Å². The smallest absolute Gasteiger partial charge is 0.164 e. The molecule has 1 heterocycles. The van der Waals surface area contributed by atoms with Crippen LogP contribution in [-0.2, 0) is 6.42 Å². The summed E-state index contributed by atoms with van der Waals surface area (Å²) in [5.41, 5.74) is 6.73. The van der Waals surface area contributed by atoms with Gasteiger partial charge in [0.2, 0.25) is 0 Å². The van der Waals surface area contributed by atoms with E-state index in [0.717, 1.165) is 28.5 Å². The van der Waals surface area contributed by atoms with Crippen molar-refractivity contribution >= 4 is 16.7 Å². The summed E-state index contributed by atoms with van der Waals surface area (Å²) in [6, 6.07) is 14.5. The molecule has 1 aromatic heterocycles. The van der Waals surface area contributed by atoms with E-state index in [1.165, 1.54) is 16.8 Å². The van der Waals surface area contributed by atoms with Crippen LogP contribution >= 0.6 is 0 Å². The lowest BCUT2D eigenvalue weighted by molar-refractivity contribution is 0.0981. The molecule has 0 spiro atoms. The highest BCUT2D eigenvalue weighted by Gasteiger charge is 2.25. The third kappa shape index (κ3) is 1.48. The van der Waals surface area contributed by atoms with E-state index < -0.39 is 0 Å². The molecule has 3 aromatic rings. The second kappa shape index (κ2) is 4.07. The molecule has 0 fully saturated rings. The third-order valence-electron chi connectivity index (χ3n) is 4.22. The molecule has 20 heavy (non-hydrogen) atoms. The van der Waals surface area contributed by atoms with Gasteiger partial charge in [-0.25, -0.2) is 0 Å². The van der Waals surface area contributed by atoms with Crippen LogP contribution in [0.3, 0.4) is 0 Å². The molecule has 1 aliphatic carbocycles. The largest absolute Gasteiger partial charge is 0.354 e. The Balaban J connectivity index is 2.10. The number of carbonyl (C=O) groups excluding carboxylic acids is 1. The van der Waals surface area contributed by atoms with E-state index in [9.17, 15) is 4.79 Å². The fourth-order valence-corrected chi connectivity index (χ4v) is 3.28. The summed E-state index contributed by atoms with van der Waals surface area (Å²) in [4.78, 5) is 15.7. The van der Waals surface area contributed by atoms with Gasteiger partial charge in [0.15, 0.2) is 5.78 Å². The highest BCUT2D eigenvalue weighted by Crippen LogP contribution is 2.38. The van der Waals surface area contributed by atoms with Gasteiger partial charge in [0.25, 0.3) is 0 Å². The zero-order chi connectivity index (χ0) is 13.7. The van der Waals surface area contributed by atoms with E-state index in [4.69, 9.17) is 0 Å². The number of ketones is 1. The Morgan fingerprint density at radius 3 is 2.60 bits per heavy atom. The topological polar surface area (TPSA) is 32.9 Å². The van der Waals surface area contributed by atoms with Crippen molar-refractivity contribution in [2.24, 2.45) is 0 Å². The molecule has 98 valence electrons. The number of hydrogen-bond acceptors (Lipinski definition) is 1. The lowest BCUT2D eigenvalue weighted by Crippen LogP contribution is -2.10. The van der Waals surface area contributed by atoms with Gasteiger partial charge in [0.05, 0.1) is 0 Å². The predicted molar refractivity (Wildman–Crippen MR) is 81.1 cm³/mol. The summed E-state index contributed by atoms with van der Waals surface area (Å²) in [7, 11) is 0. The highest BCUT2D eigenvalue weighted by atomic mass is 16.1. The van der Waals surface area contributed by atoms with Crippen molar-refractivity contribution in [3.05, 3.63) is 59.2 Å². The fourth-order valence-electron chi connectivity index (χ4n) is 3.28. The monoisotopic (exact) mass is 261 g/mol. The van der Waals surface area contributed by atoms with Gasteiger partial charge in [-0.1, -0.05) is 36.4 Å². The van der Waals surface area contributed by atoms with Gasteiger partial charge in [0.1, 0.15) is 0 Å². The molecule has 1 N–H and O–H groups in total. The molecular formula is C18H15NO. The van der Waals surface area contributed by atoms with Crippen molar-refractivity contribution in [2.75, 3.05) is 0 Å². The molecule has 2 aromatic carbocycles. The Kier molecular flexibility index (Phi) is 2.34. The summed E-state index contributed by atoms with van der Waals surface area (Å²) in [5, 5.41) is 1.14. The van der Waals surface area contributed by atoms with Crippen molar-refractivity contribution in [3.63, 3.8) is 0 Å². The first-order valence-electron chi connectivity index (χ1n) is 6.98. The Morgan fingerprint density at radius 2 is 1.80 bits per heavy atom. The molecule has 0 atom stereocenters. The number of nitrogens with one attached hydrogen (secondary N) is 1. The molecule has 0 saturated carbocycles. The van der Waals surface area contributed by atoms with E-state index in [0.29, 0.717) is 6.42 Å². The molecule has 4 rings (SSSR count). The molecule has 0 amide bonds. The molecule has 1 aliphatic rings. The van der Waals surface area contributed by atoms with Crippen molar-refractivity contribution < 1.29 is 4.79 Å². The number of rotatable bonds is 1. The second-order valence-corrected chi connectivity index (χ2v) is 5.45. The van der Waals surface area contributed by atoms with Crippen molar-refractivity contribution in [3.8, 4) is 11.3 Å². The van der Waals surface area contributed by atoms with Gasteiger partial charge in [-0.3, -0.25) is 4.79 Å². The summed E-state index contributed by atoms with van der Waals surface area (Å²) >= 11 is 0. The normalized spacial score (nSPS) is 13.9. The number of hydrogen-bond donors (Lipinski definition) is 1. The molecular weight excluding hydrogens is 246 g/mol. The Hall–Kier alpha value is -2.35.